The quantitative estimate of drug-likeness (QED) is 0.595. The lowest BCUT2D eigenvalue weighted by molar-refractivity contribution is -0.151. The number of likely N-dealkylation sites (tertiary alicyclic amines) is 1. The zero-order chi connectivity index (χ0) is 21.3. The van der Waals surface area contributed by atoms with Gasteiger partial charge in [0.15, 0.2) is 0 Å². The van der Waals surface area contributed by atoms with Crippen molar-refractivity contribution in [3.8, 4) is 0 Å². The van der Waals surface area contributed by atoms with Gasteiger partial charge >= 0.3 is 5.97 Å². The number of ether oxygens (including phenoxy) is 2. The molecule has 2 heterocycles. The zero-order valence-corrected chi connectivity index (χ0v) is 18.8. The predicted molar refractivity (Wildman–Crippen MR) is 120 cm³/mol. The molecule has 0 aromatic heterocycles. The lowest BCUT2D eigenvalue weighted by atomic mass is 9.84. The summed E-state index contributed by atoms with van der Waals surface area (Å²) >= 11 is 6.29. The maximum absolute atomic E-state index is 12.1. The van der Waals surface area contributed by atoms with Crippen LogP contribution in [0.5, 0.6) is 0 Å². The van der Waals surface area contributed by atoms with E-state index in [1.807, 2.05) is 26.0 Å². The van der Waals surface area contributed by atoms with Crippen molar-refractivity contribution in [1.29, 1.82) is 0 Å². The first-order valence-electron chi connectivity index (χ1n) is 10.7. The van der Waals surface area contributed by atoms with Crippen LogP contribution in [0.2, 0.25) is 5.02 Å². The summed E-state index contributed by atoms with van der Waals surface area (Å²) in [6.07, 6.45) is 8.58. The van der Waals surface area contributed by atoms with Crippen molar-refractivity contribution in [3.05, 3.63) is 63.4 Å². The molecule has 4 nitrogen and oxygen atoms in total. The van der Waals surface area contributed by atoms with Crippen molar-refractivity contribution in [2.75, 3.05) is 26.7 Å². The Labute approximate surface area is 184 Å². The van der Waals surface area contributed by atoms with E-state index in [1.165, 1.54) is 29.4 Å². The topological polar surface area (TPSA) is 38.8 Å². The Balaban J connectivity index is 1.64. The van der Waals surface area contributed by atoms with Gasteiger partial charge in [0.1, 0.15) is 12.4 Å². The molecule has 1 fully saturated rings. The van der Waals surface area contributed by atoms with Gasteiger partial charge in [-0.25, -0.2) is 0 Å². The number of hydrogen-bond donors (Lipinski definition) is 0. The van der Waals surface area contributed by atoms with Crippen molar-refractivity contribution in [2.24, 2.45) is 5.41 Å². The minimum Gasteiger partial charge on any atom is -0.489 e. The minimum atomic E-state index is -0.499. The number of nitrogens with zero attached hydrogens (tertiary/aromatic N) is 1. The van der Waals surface area contributed by atoms with Gasteiger partial charge < -0.3 is 14.4 Å². The molecule has 1 aromatic rings. The molecule has 30 heavy (non-hydrogen) atoms. The molecule has 0 spiro atoms. The highest BCUT2D eigenvalue weighted by molar-refractivity contribution is 6.30. The molecule has 1 saturated heterocycles. The van der Waals surface area contributed by atoms with Gasteiger partial charge in [0, 0.05) is 30.2 Å². The van der Waals surface area contributed by atoms with Crippen molar-refractivity contribution in [1.82, 2.24) is 4.90 Å². The average molecular weight is 428 g/mol. The third-order valence-electron chi connectivity index (χ3n) is 6.27. The summed E-state index contributed by atoms with van der Waals surface area (Å²) in [6.45, 7) is 7.06. The Bertz CT molecular complexity index is 932. The lowest BCUT2D eigenvalue weighted by Gasteiger charge is -2.35. The second-order valence-corrected chi connectivity index (χ2v) is 9.42. The first kappa shape index (κ1) is 21.2. The Morgan fingerprint density at radius 3 is 2.67 bits per heavy atom. The van der Waals surface area contributed by atoms with Crippen LogP contribution in [-0.2, 0) is 20.9 Å². The molecule has 0 unspecified atom stereocenters. The number of fused-ring (bicyclic) bond motifs is 2. The number of benzene rings is 1. The highest BCUT2D eigenvalue weighted by Crippen LogP contribution is 2.42. The Morgan fingerprint density at radius 1 is 1.20 bits per heavy atom. The molecule has 2 aliphatic heterocycles. The lowest BCUT2D eigenvalue weighted by Crippen LogP contribution is -2.42. The summed E-state index contributed by atoms with van der Waals surface area (Å²) in [6, 6.07) is 6.16. The van der Waals surface area contributed by atoms with Crippen molar-refractivity contribution >= 4 is 23.1 Å². The largest absolute Gasteiger partial charge is 0.489 e. The summed E-state index contributed by atoms with van der Waals surface area (Å²) in [7, 11) is 1.46. The number of methoxy groups -OCH3 is 1. The predicted octanol–water partition coefficient (Wildman–Crippen LogP) is 5.52. The maximum atomic E-state index is 12.1. The summed E-state index contributed by atoms with van der Waals surface area (Å²) in [4.78, 5) is 14.5. The second-order valence-electron chi connectivity index (χ2n) is 8.98. The third-order valence-corrected chi connectivity index (χ3v) is 6.50. The van der Waals surface area contributed by atoms with Gasteiger partial charge in [-0.05, 0) is 74.4 Å². The van der Waals surface area contributed by atoms with E-state index in [0.717, 1.165) is 55.1 Å². The van der Waals surface area contributed by atoms with Gasteiger partial charge in [0.2, 0.25) is 0 Å². The van der Waals surface area contributed by atoms with E-state index >= 15 is 0 Å². The fourth-order valence-corrected chi connectivity index (χ4v) is 4.95. The summed E-state index contributed by atoms with van der Waals surface area (Å²) in [5.74, 6) is 0.853. The molecule has 160 valence electrons. The molecular formula is C25H30ClNO3. The van der Waals surface area contributed by atoms with E-state index in [9.17, 15) is 4.79 Å². The van der Waals surface area contributed by atoms with Crippen molar-refractivity contribution in [2.45, 2.75) is 46.1 Å². The molecule has 1 aromatic carbocycles. The smallest absolute Gasteiger partial charge is 0.312 e. The number of carbonyl (C=O) groups excluding carboxylic acids is 1. The maximum Gasteiger partial charge on any atom is 0.312 e. The van der Waals surface area contributed by atoms with Gasteiger partial charge in [0.05, 0.1) is 12.5 Å². The highest BCUT2D eigenvalue weighted by Gasteiger charge is 2.33. The monoisotopic (exact) mass is 427 g/mol. The van der Waals surface area contributed by atoms with E-state index in [0.29, 0.717) is 13.2 Å². The number of rotatable bonds is 3. The molecule has 4 rings (SSSR count). The number of piperidine rings is 1. The molecule has 5 heteroatoms. The summed E-state index contributed by atoms with van der Waals surface area (Å²) in [5, 5.41) is 0.745. The van der Waals surface area contributed by atoms with Crippen LogP contribution in [0, 0.1) is 5.41 Å². The Morgan fingerprint density at radius 2 is 1.93 bits per heavy atom. The van der Waals surface area contributed by atoms with E-state index in [1.54, 1.807) is 0 Å². The molecule has 0 N–H and O–H groups in total. The van der Waals surface area contributed by atoms with Crippen LogP contribution in [0.25, 0.3) is 5.57 Å². The van der Waals surface area contributed by atoms with Crippen molar-refractivity contribution < 1.29 is 14.3 Å². The van der Waals surface area contributed by atoms with Gasteiger partial charge in [-0.3, -0.25) is 4.79 Å². The van der Waals surface area contributed by atoms with E-state index in [-0.39, 0.29) is 5.97 Å². The van der Waals surface area contributed by atoms with Gasteiger partial charge in [-0.15, -0.1) is 0 Å². The summed E-state index contributed by atoms with van der Waals surface area (Å²) in [5.41, 5.74) is 5.93. The van der Waals surface area contributed by atoms with Crippen LogP contribution >= 0.6 is 11.6 Å². The number of esters is 1. The van der Waals surface area contributed by atoms with Crippen LogP contribution in [0.4, 0.5) is 0 Å². The van der Waals surface area contributed by atoms with E-state index < -0.39 is 5.41 Å². The second kappa shape index (κ2) is 8.60. The molecular weight excluding hydrogens is 398 g/mol. The fraction of sp³-hybridized carbons (Fsp3) is 0.480. The average Bonchev–Trinajstić information content (AvgIpc) is 2.90. The Hall–Kier alpha value is -2.04. The van der Waals surface area contributed by atoms with Crippen LogP contribution in [-0.4, -0.2) is 37.6 Å². The first-order valence-corrected chi connectivity index (χ1v) is 11.1. The van der Waals surface area contributed by atoms with Crippen LogP contribution < -0.4 is 0 Å². The number of hydrogen-bond acceptors (Lipinski definition) is 4. The SMILES string of the molecule is COC(=O)C(C)(C)CN1CCC(=C2C3=CCCC=C3OCc3cc(Cl)ccc32)CC1. The third kappa shape index (κ3) is 4.21. The Kier molecular flexibility index (Phi) is 6.08. The van der Waals surface area contributed by atoms with Crippen molar-refractivity contribution in [3.63, 3.8) is 0 Å². The van der Waals surface area contributed by atoms with Gasteiger partial charge in [0.25, 0.3) is 0 Å². The van der Waals surface area contributed by atoms with E-state index in [2.05, 4.69) is 23.1 Å². The molecule has 1 aliphatic carbocycles. The normalized spacial score (nSPS) is 19.7. The molecule has 0 bridgehead atoms. The molecule has 0 radical (unpaired) electrons. The molecule has 0 atom stereocenters. The van der Waals surface area contributed by atoms with Crippen LogP contribution in [0.1, 0.15) is 50.7 Å². The first-order chi connectivity index (χ1) is 14.4. The minimum absolute atomic E-state index is 0.152. The van der Waals surface area contributed by atoms with Gasteiger partial charge in [-0.2, -0.15) is 0 Å². The number of halogens is 1. The number of allylic oxidation sites excluding steroid dienone is 3. The molecule has 0 amide bonds. The van der Waals surface area contributed by atoms with Crippen LogP contribution in [0.15, 0.2) is 47.3 Å². The summed E-state index contributed by atoms with van der Waals surface area (Å²) < 4.78 is 11.2. The molecule has 0 saturated carbocycles. The highest BCUT2D eigenvalue weighted by atomic mass is 35.5. The zero-order valence-electron chi connectivity index (χ0n) is 18.1. The van der Waals surface area contributed by atoms with E-state index in [4.69, 9.17) is 21.1 Å². The fourth-order valence-electron chi connectivity index (χ4n) is 4.75. The number of carbonyl (C=O) groups is 1. The van der Waals surface area contributed by atoms with Gasteiger partial charge in [-0.1, -0.05) is 29.3 Å². The molecule has 3 aliphatic rings. The van der Waals surface area contributed by atoms with Crippen LogP contribution in [0.3, 0.4) is 0 Å². The standard InChI is InChI=1S/C25H30ClNO3/c1-25(2,24(28)29-3)16-27-12-10-17(11-13-27)23-20-9-8-19(26)14-18(20)15-30-22-7-5-4-6-21(22)23/h6-9,14H,4-5,10-13,15-16H2,1-3H3.